The molecule has 0 aromatic carbocycles. The van der Waals surface area contributed by atoms with E-state index in [9.17, 15) is 0 Å². The van der Waals surface area contributed by atoms with Crippen LogP contribution in [-0.4, -0.2) is 22.5 Å². The molecule has 1 heteroatoms. The Balaban J connectivity index is 2.15. The van der Waals surface area contributed by atoms with Crippen LogP contribution in [0.15, 0.2) is 0 Å². The molecule has 0 aliphatic carbocycles. The molecule has 2 atom stereocenters. The van der Waals surface area contributed by atoms with E-state index in [0.717, 1.165) is 18.0 Å². The predicted molar refractivity (Wildman–Crippen MR) is 56.8 cm³/mol. The van der Waals surface area contributed by atoms with Gasteiger partial charge < -0.3 is 0 Å². The molecule has 2 rings (SSSR count). The van der Waals surface area contributed by atoms with Crippen molar-refractivity contribution in [3.63, 3.8) is 0 Å². The zero-order valence-electron chi connectivity index (χ0n) is 9.51. The maximum atomic E-state index is 2.78. The first-order valence-corrected chi connectivity index (χ1v) is 5.77. The molecule has 1 nitrogen and oxygen atoms in total. The second kappa shape index (κ2) is 2.98. The van der Waals surface area contributed by atoms with Gasteiger partial charge in [-0.3, -0.25) is 4.90 Å². The lowest BCUT2D eigenvalue weighted by molar-refractivity contribution is 0.0258. The molecule has 0 radical (unpaired) electrons. The van der Waals surface area contributed by atoms with Gasteiger partial charge in [0.2, 0.25) is 0 Å². The van der Waals surface area contributed by atoms with Gasteiger partial charge in [-0.1, -0.05) is 6.92 Å². The highest BCUT2D eigenvalue weighted by atomic mass is 15.3. The Hall–Kier alpha value is -0.0400. The second-order valence-corrected chi connectivity index (χ2v) is 6.04. The quantitative estimate of drug-likeness (QED) is 0.555. The first-order chi connectivity index (χ1) is 5.98. The van der Waals surface area contributed by atoms with Gasteiger partial charge in [0.1, 0.15) is 0 Å². The van der Waals surface area contributed by atoms with Gasteiger partial charge in [0.15, 0.2) is 0 Å². The Labute approximate surface area is 82.5 Å². The normalized spacial score (nSPS) is 41.1. The molecule has 0 aromatic heterocycles. The summed E-state index contributed by atoms with van der Waals surface area (Å²) in [6, 6.07) is 1.79. The minimum atomic E-state index is 0.395. The van der Waals surface area contributed by atoms with E-state index in [-0.39, 0.29) is 0 Å². The fourth-order valence-corrected chi connectivity index (χ4v) is 3.54. The SMILES string of the molecule is CC1C[C@@H]2CC[C@@H](C1)N2C(C)(C)C. The summed E-state index contributed by atoms with van der Waals surface area (Å²) in [4.78, 5) is 2.78. The van der Waals surface area contributed by atoms with E-state index in [1.807, 2.05) is 0 Å². The minimum Gasteiger partial charge on any atom is -0.293 e. The van der Waals surface area contributed by atoms with Gasteiger partial charge in [0.25, 0.3) is 0 Å². The summed E-state index contributed by atoms with van der Waals surface area (Å²) in [6.45, 7) is 9.53. The van der Waals surface area contributed by atoms with E-state index < -0.39 is 0 Å². The number of nitrogens with zero attached hydrogens (tertiary/aromatic N) is 1. The topological polar surface area (TPSA) is 3.24 Å². The number of hydrogen-bond acceptors (Lipinski definition) is 1. The molecule has 2 bridgehead atoms. The van der Waals surface area contributed by atoms with Crippen LogP contribution >= 0.6 is 0 Å². The van der Waals surface area contributed by atoms with Crippen LogP contribution in [0.2, 0.25) is 0 Å². The fourth-order valence-electron chi connectivity index (χ4n) is 3.54. The highest BCUT2D eigenvalue weighted by Gasteiger charge is 2.43. The van der Waals surface area contributed by atoms with E-state index in [1.165, 1.54) is 25.7 Å². The van der Waals surface area contributed by atoms with Crippen molar-refractivity contribution in [3.05, 3.63) is 0 Å². The third-order valence-corrected chi connectivity index (χ3v) is 3.74. The maximum absolute atomic E-state index is 2.78. The molecule has 0 spiro atoms. The second-order valence-electron chi connectivity index (χ2n) is 6.04. The number of piperidine rings is 1. The van der Waals surface area contributed by atoms with Crippen LogP contribution in [0.4, 0.5) is 0 Å². The third-order valence-electron chi connectivity index (χ3n) is 3.74. The smallest absolute Gasteiger partial charge is 0.0130 e. The number of rotatable bonds is 0. The molecule has 2 fully saturated rings. The molecule has 0 amide bonds. The predicted octanol–water partition coefficient (Wildman–Crippen LogP) is 3.05. The summed E-state index contributed by atoms with van der Waals surface area (Å²) in [5, 5.41) is 0. The summed E-state index contributed by atoms with van der Waals surface area (Å²) < 4.78 is 0. The number of fused-ring (bicyclic) bond motifs is 2. The summed E-state index contributed by atoms with van der Waals surface area (Å²) >= 11 is 0. The Kier molecular flexibility index (Phi) is 2.18. The summed E-state index contributed by atoms with van der Waals surface area (Å²) in [6.07, 6.45) is 5.78. The molecule has 13 heavy (non-hydrogen) atoms. The van der Waals surface area contributed by atoms with Gasteiger partial charge in [0, 0.05) is 17.6 Å². The zero-order chi connectivity index (χ0) is 9.64. The van der Waals surface area contributed by atoms with Crippen molar-refractivity contribution in [2.45, 2.75) is 71.0 Å². The molecule has 0 N–H and O–H groups in total. The molecule has 2 saturated heterocycles. The zero-order valence-corrected chi connectivity index (χ0v) is 9.51. The van der Waals surface area contributed by atoms with Crippen molar-refractivity contribution in [2.24, 2.45) is 5.92 Å². The van der Waals surface area contributed by atoms with Crippen LogP contribution in [0.3, 0.4) is 0 Å². The largest absolute Gasteiger partial charge is 0.293 e. The minimum absolute atomic E-state index is 0.395. The summed E-state index contributed by atoms with van der Waals surface area (Å²) in [5.41, 5.74) is 0.395. The Morgan fingerprint density at radius 3 is 1.85 bits per heavy atom. The standard InChI is InChI=1S/C12H23N/c1-9-7-10-5-6-11(8-9)13(10)12(2,3)4/h9-11H,5-8H2,1-4H3/t10-,11-/m0/s1. The van der Waals surface area contributed by atoms with Crippen molar-refractivity contribution in [3.8, 4) is 0 Å². The van der Waals surface area contributed by atoms with E-state index in [0.29, 0.717) is 5.54 Å². The van der Waals surface area contributed by atoms with Gasteiger partial charge in [0.05, 0.1) is 0 Å². The fraction of sp³-hybridized carbons (Fsp3) is 1.00. The van der Waals surface area contributed by atoms with E-state index in [4.69, 9.17) is 0 Å². The third kappa shape index (κ3) is 1.63. The highest BCUT2D eigenvalue weighted by molar-refractivity contribution is 4.99. The van der Waals surface area contributed by atoms with Gasteiger partial charge in [-0.2, -0.15) is 0 Å². The molecule has 0 aromatic rings. The Morgan fingerprint density at radius 1 is 1.00 bits per heavy atom. The van der Waals surface area contributed by atoms with Crippen LogP contribution in [0.5, 0.6) is 0 Å². The van der Waals surface area contributed by atoms with E-state index in [1.54, 1.807) is 0 Å². The van der Waals surface area contributed by atoms with Gasteiger partial charge in [-0.05, 0) is 52.4 Å². The van der Waals surface area contributed by atoms with Crippen molar-refractivity contribution in [1.82, 2.24) is 4.90 Å². The molecule has 0 saturated carbocycles. The molecule has 2 aliphatic rings. The van der Waals surface area contributed by atoms with Crippen molar-refractivity contribution < 1.29 is 0 Å². The first kappa shape index (κ1) is 9.51. The monoisotopic (exact) mass is 181 g/mol. The molecular formula is C12H23N. The lowest BCUT2D eigenvalue weighted by atomic mass is 9.88. The van der Waals surface area contributed by atoms with Crippen LogP contribution < -0.4 is 0 Å². The van der Waals surface area contributed by atoms with Crippen molar-refractivity contribution in [1.29, 1.82) is 0 Å². The highest BCUT2D eigenvalue weighted by Crippen LogP contribution is 2.42. The molecule has 2 aliphatic heterocycles. The maximum Gasteiger partial charge on any atom is 0.0130 e. The lowest BCUT2D eigenvalue weighted by Gasteiger charge is -2.46. The van der Waals surface area contributed by atoms with Crippen molar-refractivity contribution in [2.75, 3.05) is 0 Å². The van der Waals surface area contributed by atoms with Crippen LogP contribution in [0, 0.1) is 5.92 Å². The van der Waals surface area contributed by atoms with Crippen molar-refractivity contribution >= 4 is 0 Å². The van der Waals surface area contributed by atoms with Crippen LogP contribution in [-0.2, 0) is 0 Å². The summed E-state index contributed by atoms with van der Waals surface area (Å²) in [5.74, 6) is 0.969. The van der Waals surface area contributed by atoms with Gasteiger partial charge in [-0.25, -0.2) is 0 Å². The lowest BCUT2D eigenvalue weighted by Crippen LogP contribution is -2.52. The Bertz CT molecular complexity index is 178. The van der Waals surface area contributed by atoms with E-state index >= 15 is 0 Å². The van der Waals surface area contributed by atoms with Gasteiger partial charge in [-0.15, -0.1) is 0 Å². The molecule has 76 valence electrons. The molecule has 0 unspecified atom stereocenters. The van der Waals surface area contributed by atoms with Gasteiger partial charge >= 0.3 is 0 Å². The Morgan fingerprint density at radius 2 is 1.46 bits per heavy atom. The average molecular weight is 181 g/mol. The number of hydrogen-bond donors (Lipinski definition) is 0. The summed E-state index contributed by atoms with van der Waals surface area (Å²) in [7, 11) is 0. The first-order valence-electron chi connectivity index (χ1n) is 5.77. The van der Waals surface area contributed by atoms with Crippen LogP contribution in [0.25, 0.3) is 0 Å². The van der Waals surface area contributed by atoms with Crippen LogP contribution in [0.1, 0.15) is 53.4 Å². The molecular weight excluding hydrogens is 158 g/mol. The average Bonchev–Trinajstić information content (AvgIpc) is 2.23. The molecule has 2 heterocycles. The van der Waals surface area contributed by atoms with E-state index in [2.05, 4.69) is 32.6 Å².